The van der Waals surface area contributed by atoms with Gasteiger partial charge in [0.05, 0.1) is 5.69 Å². The van der Waals surface area contributed by atoms with Crippen molar-refractivity contribution in [3.05, 3.63) is 65.7 Å². The van der Waals surface area contributed by atoms with Crippen molar-refractivity contribution in [2.75, 3.05) is 0 Å². The standard InChI is InChI=1S/C15H13NO2/c1-10-5-4-6-11-9-13(18-15(10)11)14(17)12-7-2-3-8-16-12/h2-9,14,17H,1H3. The number of nitrogens with zero attached hydrogens (tertiary/aromatic N) is 1. The summed E-state index contributed by atoms with van der Waals surface area (Å²) in [5.41, 5.74) is 2.48. The smallest absolute Gasteiger partial charge is 0.153 e. The van der Waals surface area contributed by atoms with Gasteiger partial charge >= 0.3 is 0 Å². The maximum absolute atomic E-state index is 10.2. The molecule has 0 saturated heterocycles. The van der Waals surface area contributed by atoms with E-state index >= 15 is 0 Å². The van der Waals surface area contributed by atoms with Crippen LogP contribution in [-0.2, 0) is 0 Å². The van der Waals surface area contributed by atoms with E-state index in [2.05, 4.69) is 4.98 Å². The summed E-state index contributed by atoms with van der Waals surface area (Å²) in [5.74, 6) is 0.526. The third-order valence-electron chi connectivity index (χ3n) is 3.00. The second-order valence-corrected chi connectivity index (χ2v) is 4.30. The molecule has 18 heavy (non-hydrogen) atoms. The summed E-state index contributed by atoms with van der Waals surface area (Å²) in [7, 11) is 0. The highest BCUT2D eigenvalue weighted by molar-refractivity contribution is 5.81. The monoisotopic (exact) mass is 239 g/mol. The van der Waals surface area contributed by atoms with Crippen molar-refractivity contribution in [2.45, 2.75) is 13.0 Å². The van der Waals surface area contributed by atoms with Crippen molar-refractivity contribution in [1.82, 2.24) is 4.98 Å². The Morgan fingerprint density at radius 2 is 2.06 bits per heavy atom. The molecular formula is C15H13NO2. The van der Waals surface area contributed by atoms with Gasteiger partial charge in [-0.1, -0.05) is 24.3 Å². The number of rotatable bonds is 2. The van der Waals surface area contributed by atoms with Crippen LogP contribution >= 0.6 is 0 Å². The molecule has 0 aliphatic heterocycles. The largest absolute Gasteiger partial charge is 0.458 e. The molecule has 1 unspecified atom stereocenters. The number of pyridine rings is 1. The van der Waals surface area contributed by atoms with Gasteiger partial charge in [0, 0.05) is 11.6 Å². The van der Waals surface area contributed by atoms with E-state index in [1.54, 1.807) is 12.3 Å². The Hall–Kier alpha value is -2.13. The molecule has 0 aliphatic rings. The second-order valence-electron chi connectivity index (χ2n) is 4.30. The van der Waals surface area contributed by atoms with E-state index < -0.39 is 6.10 Å². The number of furan rings is 1. The average Bonchev–Trinajstić information content (AvgIpc) is 2.84. The number of aliphatic hydroxyl groups excluding tert-OH is 1. The minimum atomic E-state index is -0.821. The molecule has 0 bridgehead atoms. The number of aromatic nitrogens is 1. The highest BCUT2D eigenvalue weighted by Crippen LogP contribution is 2.28. The van der Waals surface area contributed by atoms with Gasteiger partial charge in [0.2, 0.25) is 0 Å². The lowest BCUT2D eigenvalue weighted by molar-refractivity contribution is 0.187. The molecule has 0 radical (unpaired) electrons. The van der Waals surface area contributed by atoms with E-state index in [0.29, 0.717) is 11.5 Å². The zero-order chi connectivity index (χ0) is 12.5. The zero-order valence-corrected chi connectivity index (χ0v) is 10.00. The van der Waals surface area contributed by atoms with Gasteiger partial charge in [0.1, 0.15) is 11.3 Å². The fourth-order valence-electron chi connectivity index (χ4n) is 2.05. The highest BCUT2D eigenvalue weighted by Gasteiger charge is 2.16. The Morgan fingerprint density at radius 3 is 2.78 bits per heavy atom. The number of aryl methyl sites for hydroxylation is 1. The molecule has 90 valence electrons. The van der Waals surface area contributed by atoms with Crippen molar-refractivity contribution in [2.24, 2.45) is 0 Å². The lowest BCUT2D eigenvalue weighted by atomic mass is 10.1. The molecule has 0 fully saturated rings. The fourth-order valence-corrected chi connectivity index (χ4v) is 2.05. The maximum Gasteiger partial charge on any atom is 0.153 e. The third-order valence-corrected chi connectivity index (χ3v) is 3.00. The first-order valence-electron chi connectivity index (χ1n) is 5.84. The number of hydrogen-bond donors (Lipinski definition) is 1. The van der Waals surface area contributed by atoms with Gasteiger partial charge in [0.25, 0.3) is 0 Å². The molecule has 3 rings (SSSR count). The van der Waals surface area contributed by atoms with Crippen LogP contribution in [0, 0.1) is 6.92 Å². The number of benzene rings is 1. The molecule has 2 heterocycles. The predicted octanol–water partition coefficient (Wildman–Crippen LogP) is 3.22. The third kappa shape index (κ3) is 1.79. The van der Waals surface area contributed by atoms with E-state index in [1.807, 2.05) is 43.3 Å². The number of aliphatic hydroxyl groups is 1. The number of fused-ring (bicyclic) bond motifs is 1. The van der Waals surface area contributed by atoms with E-state index in [4.69, 9.17) is 4.42 Å². The van der Waals surface area contributed by atoms with Crippen molar-refractivity contribution >= 4 is 11.0 Å². The molecular weight excluding hydrogens is 226 g/mol. The number of para-hydroxylation sites is 1. The zero-order valence-electron chi connectivity index (χ0n) is 10.00. The first-order valence-corrected chi connectivity index (χ1v) is 5.84. The minimum absolute atomic E-state index is 0.526. The Kier molecular flexibility index (Phi) is 2.61. The summed E-state index contributed by atoms with van der Waals surface area (Å²) in [4.78, 5) is 4.14. The molecule has 3 aromatic rings. The molecule has 1 atom stereocenters. The van der Waals surface area contributed by atoms with E-state index in [1.165, 1.54) is 0 Å². The Labute approximate surface area is 105 Å². The van der Waals surface area contributed by atoms with Crippen LogP contribution in [0.4, 0.5) is 0 Å². The summed E-state index contributed by atoms with van der Waals surface area (Å²) < 4.78 is 5.73. The topological polar surface area (TPSA) is 46.3 Å². The predicted molar refractivity (Wildman–Crippen MR) is 69.2 cm³/mol. The van der Waals surface area contributed by atoms with Gasteiger partial charge < -0.3 is 9.52 Å². The van der Waals surface area contributed by atoms with Crippen LogP contribution in [-0.4, -0.2) is 10.1 Å². The van der Waals surface area contributed by atoms with Crippen molar-refractivity contribution in [1.29, 1.82) is 0 Å². The van der Waals surface area contributed by atoms with Crippen LogP contribution in [0.25, 0.3) is 11.0 Å². The van der Waals surface area contributed by atoms with Crippen LogP contribution in [0.3, 0.4) is 0 Å². The van der Waals surface area contributed by atoms with Gasteiger partial charge in [0.15, 0.2) is 6.10 Å². The molecule has 1 N–H and O–H groups in total. The maximum atomic E-state index is 10.2. The fraction of sp³-hybridized carbons (Fsp3) is 0.133. The molecule has 2 aromatic heterocycles. The van der Waals surface area contributed by atoms with Crippen molar-refractivity contribution < 1.29 is 9.52 Å². The molecule has 3 nitrogen and oxygen atoms in total. The van der Waals surface area contributed by atoms with E-state index in [0.717, 1.165) is 16.5 Å². The SMILES string of the molecule is Cc1cccc2cc(C(O)c3ccccn3)oc12. The molecule has 0 amide bonds. The lowest BCUT2D eigenvalue weighted by Crippen LogP contribution is -1.99. The number of hydrogen-bond acceptors (Lipinski definition) is 3. The second kappa shape index (κ2) is 4.27. The van der Waals surface area contributed by atoms with Crippen LogP contribution in [0.15, 0.2) is 53.1 Å². The summed E-state index contributed by atoms with van der Waals surface area (Å²) in [6.45, 7) is 1.99. The molecule has 0 saturated carbocycles. The van der Waals surface area contributed by atoms with Gasteiger partial charge in [-0.15, -0.1) is 0 Å². The van der Waals surface area contributed by atoms with Crippen LogP contribution in [0.1, 0.15) is 23.1 Å². The average molecular weight is 239 g/mol. The van der Waals surface area contributed by atoms with Gasteiger partial charge in [-0.2, -0.15) is 0 Å². The van der Waals surface area contributed by atoms with Crippen molar-refractivity contribution in [3.8, 4) is 0 Å². The summed E-state index contributed by atoms with van der Waals surface area (Å²) >= 11 is 0. The van der Waals surface area contributed by atoms with E-state index in [9.17, 15) is 5.11 Å². The van der Waals surface area contributed by atoms with Crippen molar-refractivity contribution in [3.63, 3.8) is 0 Å². The van der Waals surface area contributed by atoms with Crippen LogP contribution < -0.4 is 0 Å². The normalized spacial score (nSPS) is 12.8. The Balaban J connectivity index is 2.07. The van der Waals surface area contributed by atoms with Gasteiger partial charge in [-0.25, -0.2) is 0 Å². The summed E-state index contributed by atoms with van der Waals surface area (Å²) in [5, 5.41) is 11.2. The van der Waals surface area contributed by atoms with Crippen LogP contribution in [0.2, 0.25) is 0 Å². The quantitative estimate of drug-likeness (QED) is 0.746. The Morgan fingerprint density at radius 1 is 1.17 bits per heavy atom. The van der Waals surface area contributed by atoms with E-state index in [-0.39, 0.29) is 0 Å². The molecule has 0 spiro atoms. The molecule has 1 aromatic carbocycles. The van der Waals surface area contributed by atoms with Gasteiger partial charge in [-0.05, 0) is 30.7 Å². The van der Waals surface area contributed by atoms with Gasteiger partial charge in [-0.3, -0.25) is 4.98 Å². The minimum Gasteiger partial charge on any atom is -0.458 e. The Bertz CT molecular complexity index is 673. The van der Waals surface area contributed by atoms with Crippen LogP contribution in [0.5, 0.6) is 0 Å². The summed E-state index contributed by atoms with van der Waals surface area (Å²) in [6, 6.07) is 13.2. The first-order chi connectivity index (χ1) is 8.75. The first kappa shape index (κ1) is 11.0. The molecule has 0 aliphatic carbocycles. The lowest BCUT2D eigenvalue weighted by Gasteiger charge is -2.05. The summed E-state index contributed by atoms with van der Waals surface area (Å²) in [6.07, 6.45) is 0.838. The highest BCUT2D eigenvalue weighted by atomic mass is 16.4. The molecule has 3 heteroatoms.